The van der Waals surface area contributed by atoms with Crippen molar-refractivity contribution < 1.29 is 0 Å². The van der Waals surface area contributed by atoms with E-state index in [2.05, 4.69) is 24.2 Å². The highest BCUT2D eigenvalue weighted by molar-refractivity contribution is 6.09. The number of nitriles is 2. The van der Waals surface area contributed by atoms with Crippen LogP contribution >= 0.6 is 0 Å². The lowest BCUT2D eigenvalue weighted by Gasteiger charge is -2.06. The Morgan fingerprint density at radius 2 is 2.06 bits per heavy atom. The average molecular weight is 221 g/mol. The number of aliphatic imine (C=N–C) groups is 1. The second-order valence-electron chi connectivity index (χ2n) is 3.43. The second-order valence-corrected chi connectivity index (χ2v) is 3.43. The molecule has 3 heteroatoms. The molecule has 3 nitrogen and oxygen atoms in total. The van der Waals surface area contributed by atoms with Crippen LogP contribution in [0.5, 0.6) is 0 Å². The van der Waals surface area contributed by atoms with Gasteiger partial charge in [0.15, 0.2) is 0 Å². The summed E-state index contributed by atoms with van der Waals surface area (Å²) in [5.41, 5.74) is 3.08. The molecule has 0 bridgehead atoms. The van der Waals surface area contributed by atoms with Crippen molar-refractivity contribution in [2.24, 2.45) is 4.99 Å². The molecule has 0 aliphatic rings. The summed E-state index contributed by atoms with van der Waals surface area (Å²) in [6.07, 6.45) is 1.48. The summed E-state index contributed by atoms with van der Waals surface area (Å²) in [4.78, 5) is 3.85. The van der Waals surface area contributed by atoms with Crippen LogP contribution < -0.4 is 0 Å². The van der Waals surface area contributed by atoms with Crippen molar-refractivity contribution in [2.45, 2.75) is 6.92 Å². The quantitative estimate of drug-likeness (QED) is 0.582. The van der Waals surface area contributed by atoms with Crippen molar-refractivity contribution in [1.82, 2.24) is 0 Å². The van der Waals surface area contributed by atoms with Gasteiger partial charge in [-0.3, -0.25) is 0 Å². The first-order chi connectivity index (χ1) is 8.10. The van der Waals surface area contributed by atoms with E-state index in [0.717, 1.165) is 11.1 Å². The van der Waals surface area contributed by atoms with Crippen molar-refractivity contribution in [1.29, 1.82) is 10.5 Å². The number of nitrogens with zero attached hydrogens (tertiary/aromatic N) is 3. The minimum absolute atomic E-state index is 0.125. The summed E-state index contributed by atoms with van der Waals surface area (Å²) in [6, 6.07) is 9.33. The Morgan fingerprint density at radius 1 is 1.35 bits per heavy atom. The van der Waals surface area contributed by atoms with Crippen molar-refractivity contribution in [3.63, 3.8) is 0 Å². The third-order valence-electron chi connectivity index (χ3n) is 2.31. The zero-order chi connectivity index (χ0) is 12.8. The van der Waals surface area contributed by atoms with Gasteiger partial charge in [0.25, 0.3) is 0 Å². The number of allylic oxidation sites excluding steroid dienone is 2. The van der Waals surface area contributed by atoms with Gasteiger partial charge in [0.2, 0.25) is 0 Å². The molecule has 0 N–H and O–H groups in total. The van der Waals surface area contributed by atoms with Crippen molar-refractivity contribution in [3.8, 4) is 12.1 Å². The number of rotatable bonds is 3. The topological polar surface area (TPSA) is 59.9 Å². The third-order valence-corrected chi connectivity index (χ3v) is 2.31. The van der Waals surface area contributed by atoms with Gasteiger partial charge in [0, 0.05) is 6.21 Å². The van der Waals surface area contributed by atoms with Crippen molar-refractivity contribution in [3.05, 3.63) is 53.7 Å². The van der Waals surface area contributed by atoms with Crippen LogP contribution in [0.2, 0.25) is 0 Å². The Labute approximate surface area is 101 Å². The van der Waals surface area contributed by atoms with Gasteiger partial charge < -0.3 is 0 Å². The highest BCUT2D eigenvalue weighted by Gasteiger charge is 2.04. The molecule has 0 aromatic heterocycles. The fourth-order valence-corrected chi connectivity index (χ4v) is 1.36. The first-order valence-corrected chi connectivity index (χ1v) is 4.92. The van der Waals surface area contributed by atoms with Crippen LogP contribution in [0.1, 0.15) is 16.7 Å². The first kappa shape index (κ1) is 12.4. The van der Waals surface area contributed by atoms with E-state index in [4.69, 9.17) is 10.5 Å². The van der Waals surface area contributed by atoms with Gasteiger partial charge in [-0.2, -0.15) is 10.5 Å². The van der Waals surface area contributed by atoms with E-state index in [9.17, 15) is 0 Å². The Bertz CT molecular complexity index is 580. The van der Waals surface area contributed by atoms with Gasteiger partial charge in [-0.1, -0.05) is 25.3 Å². The molecular formula is C14H11N3. The highest BCUT2D eigenvalue weighted by atomic mass is 14.7. The Balaban J connectivity index is 3.08. The lowest BCUT2D eigenvalue weighted by atomic mass is 9.98. The molecule has 0 atom stereocenters. The molecule has 1 rings (SSSR count). The molecule has 0 aliphatic heterocycles. The minimum atomic E-state index is 0.125. The summed E-state index contributed by atoms with van der Waals surface area (Å²) >= 11 is 0. The van der Waals surface area contributed by atoms with Crippen LogP contribution in [-0.2, 0) is 0 Å². The van der Waals surface area contributed by atoms with Gasteiger partial charge in [-0.25, -0.2) is 4.99 Å². The van der Waals surface area contributed by atoms with Crippen molar-refractivity contribution >= 4 is 11.8 Å². The summed E-state index contributed by atoms with van der Waals surface area (Å²) in [6.45, 7) is 9.15. The SMILES string of the molecule is C=C(C#N)N=CC(=C)c1cccc(C#N)c1C. The normalized spacial score (nSPS) is 9.59. The lowest BCUT2D eigenvalue weighted by molar-refractivity contribution is 1.37. The van der Waals surface area contributed by atoms with Gasteiger partial charge in [-0.15, -0.1) is 0 Å². The van der Waals surface area contributed by atoms with Crippen LogP contribution in [-0.4, -0.2) is 6.21 Å². The summed E-state index contributed by atoms with van der Waals surface area (Å²) in [5.74, 6) is 0. The first-order valence-electron chi connectivity index (χ1n) is 4.92. The summed E-state index contributed by atoms with van der Waals surface area (Å²) in [7, 11) is 0. The molecule has 0 unspecified atom stereocenters. The fourth-order valence-electron chi connectivity index (χ4n) is 1.36. The van der Waals surface area contributed by atoms with Gasteiger partial charge >= 0.3 is 0 Å². The molecule has 0 radical (unpaired) electrons. The van der Waals surface area contributed by atoms with Gasteiger partial charge in [0.1, 0.15) is 11.8 Å². The van der Waals surface area contributed by atoms with E-state index < -0.39 is 0 Å². The fraction of sp³-hybridized carbons (Fsp3) is 0.0714. The maximum Gasteiger partial charge on any atom is 0.133 e. The minimum Gasteiger partial charge on any atom is -0.246 e. The zero-order valence-corrected chi connectivity index (χ0v) is 9.57. The molecular weight excluding hydrogens is 210 g/mol. The lowest BCUT2D eigenvalue weighted by Crippen LogP contribution is -1.92. The molecule has 82 valence electrons. The standard InChI is InChI=1S/C14H11N3/c1-10(9-17-11(2)7-15)14-6-4-5-13(8-16)12(14)3/h4-6,9H,1-2H2,3H3. The Morgan fingerprint density at radius 3 is 2.65 bits per heavy atom. The van der Waals surface area contributed by atoms with Crippen LogP contribution in [0.15, 0.2) is 42.0 Å². The van der Waals surface area contributed by atoms with Crippen LogP contribution in [0.25, 0.3) is 5.57 Å². The number of hydrogen-bond donors (Lipinski definition) is 0. The van der Waals surface area contributed by atoms with E-state index in [1.807, 2.05) is 19.1 Å². The van der Waals surface area contributed by atoms with E-state index >= 15 is 0 Å². The van der Waals surface area contributed by atoms with Gasteiger partial charge in [-0.05, 0) is 29.7 Å². The molecule has 0 amide bonds. The van der Waals surface area contributed by atoms with Crippen LogP contribution in [0.3, 0.4) is 0 Å². The molecule has 1 aromatic rings. The molecule has 17 heavy (non-hydrogen) atoms. The van der Waals surface area contributed by atoms with Gasteiger partial charge in [0.05, 0.1) is 11.6 Å². The molecule has 0 fully saturated rings. The Hall–Kier alpha value is -2.65. The molecule has 0 aliphatic carbocycles. The van der Waals surface area contributed by atoms with E-state index in [0.29, 0.717) is 11.1 Å². The molecule has 0 saturated carbocycles. The monoisotopic (exact) mass is 221 g/mol. The maximum absolute atomic E-state index is 8.91. The van der Waals surface area contributed by atoms with E-state index in [1.165, 1.54) is 6.21 Å². The van der Waals surface area contributed by atoms with E-state index in [1.54, 1.807) is 12.1 Å². The number of hydrogen-bond acceptors (Lipinski definition) is 3. The summed E-state index contributed by atoms with van der Waals surface area (Å²) in [5, 5.41) is 17.4. The Kier molecular flexibility index (Phi) is 3.97. The highest BCUT2D eigenvalue weighted by Crippen LogP contribution is 2.19. The predicted molar refractivity (Wildman–Crippen MR) is 68.2 cm³/mol. The molecule has 0 saturated heterocycles. The second kappa shape index (κ2) is 5.44. The van der Waals surface area contributed by atoms with Crippen molar-refractivity contribution in [2.75, 3.05) is 0 Å². The van der Waals surface area contributed by atoms with Crippen LogP contribution in [0, 0.1) is 29.6 Å². The largest absolute Gasteiger partial charge is 0.246 e. The molecule has 0 heterocycles. The maximum atomic E-state index is 8.91. The average Bonchev–Trinajstić information content (AvgIpc) is 2.35. The molecule has 0 spiro atoms. The van der Waals surface area contributed by atoms with E-state index in [-0.39, 0.29) is 5.70 Å². The predicted octanol–water partition coefficient (Wildman–Crippen LogP) is 2.99. The zero-order valence-electron chi connectivity index (χ0n) is 9.57. The summed E-state index contributed by atoms with van der Waals surface area (Å²) < 4.78 is 0. The molecule has 1 aromatic carbocycles. The number of benzene rings is 1. The third kappa shape index (κ3) is 2.90. The smallest absolute Gasteiger partial charge is 0.133 e. The van der Waals surface area contributed by atoms with Crippen LogP contribution in [0.4, 0.5) is 0 Å².